The highest BCUT2D eigenvalue weighted by atomic mass is 16.5. The number of amides is 3. The normalized spacial score (nSPS) is 33.4. The molecule has 3 aliphatic rings. The lowest BCUT2D eigenvalue weighted by atomic mass is 9.66. The molecule has 0 aromatic rings. The third-order valence-corrected chi connectivity index (χ3v) is 8.57. The van der Waals surface area contributed by atoms with E-state index in [9.17, 15) is 19.5 Å². The molecular formula is C28H49N3O5. The first-order valence-electron chi connectivity index (χ1n) is 13.8. The molecule has 0 radical (unpaired) electrons. The van der Waals surface area contributed by atoms with Crippen LogP contribution in [0.4, 0.5) is 0 Å². The number of hydrogen-bond donors (Lipinski definition) is 3. The lowest BCUT2D eigenvalue weighted by molar-refractivity contribution is -0.151. The number of nitrogens with zero attached hydrogens (tertiary/aromatic N) is 1. The van der Waals surface area contributed by atoms with Crippen LogP contribution in [0.3, 0.4) is 0 Å². The van der Waals surface area contributed by atoms with Gasteiger partial charge in [0.25, 0.3) is 0 Å². The van der Waals surface area contributed by atoms with Crippen molar-refractivity contribution in [3.05, 3.63) is 0 Å². The molecule has 8 nitrogen and oxygen atoms in total. The van der Waals surface area contributed by atoms with Crippen LogP contribution in [0.2, 0.25) is 0 Å². The summed E-state index contributed by atoms with van der Waals surface area (Å²) in [6, 6.07) is -1.43. The Morgan fingerprint density at radius 2 is 1.81 bits per heavy atom. The van der Waals surface area contributed by atoms with Gasteiger partial charge in [0, 0.05) is 12.1 Å². The van der Waals surface area contributed by atoms with E-state index in [-0.39, 0.29) is 35.7 Å². The number of aliphatic hydroxyl groups is 1. The van der Waals surface area contributed by atoms with Crippen molar-refractivity contribution in [2.75, 3.05) is 13.2 Å². The second kappa shape index (κ2) is 9.90. The maximum absolute atomic E-state index is 14.2. The summed E-state index contributed by atoms with van der Waals surface area (Å²) in [6.07, 6.45) is 3.43. The van der Waals surface area contributed by atoms with E-state index < -0.39 is 40.7 Å². The Morgan fingerprint density at radius 1 is 1.17 bits per heavy atom. The van der Waals surface area contributed by atoms with Gasteiger partial charge in [-0.25, -0.2) is 0 Å². The van der Waals surface area contributed by atoms with Crippen molar-refractivity contribution in [3.8, 4) is 0 Å². The summed E-state index contributed by atoms with van der Waals surface area (Å²) in [4.78, 5) is 43.3. The molecule has 3 heterocycles. The van der Waals surface area contributed by atoms with Gasteiger partial charge in [-0.1, -0.05) is 48.0 Å². The molecule has 36 heavy (non-hydrogen) atoms. The van der Waals surface area contributed by atoms with Crippen LogP contribution < -0.4 is 10.6 Å². The first kappa shape index (κ1) is 28.9. The number of rotatable bonds is 10. The number of carbonyl (C=O) groups is 3. The van der Waals surface area contributed by atoms with E-state index in [4.69, 9.17) is 4.74 Å². The largest absolute Gasteiger partial charge is 0.394 e. The van der Waals surface area contributed by atoms with Crippen molar-refractivity contribution in [1.29, 1.82) is 0 Å². The highest BCUT2D eigenvalue weighted by Crippen LogP contribution is 2.63. The Hall–Kier alpha value is -1.67. The van der Waals surface area contributed by atoms with Gasteiger partial charge in [0.2, 0.25) is 17.7 Å². The van der Waals surface area contributed by atoms with Crippen LogP contribution in [0.1, 0.15) is 94.4 Å². The van der Waals surface area contributed by atoms with E-state index in [1.165, 1.54) is 0 Å². The third-order valence-electron chi connectivity index (χ3n) is 8.57. The van der Waals surface area contributed by atoms with Gasteiger partial charge in [-0.2, -0.15) is 0 Å². The summed E-state index contributed by atoms with van der Waals surface area (Å²) >= 11 is 0. The molecule has 2 unspecified atom stereocenters. The first-order valence-corrected chi connectivity index (χ1v) is 13.8. The average molecular weight is 508 g/mol. The number of ether oxygens (including phenoxy) is 1. The van der Waals surface area contributed by atoms with E-state index in [0.717, 1.165) is 19.3 Å². The number of hydrogen-bond acceptors (Lipinski definition) is 5. The van der Waals surface area contributed by atoms with Gasteiger partial charge in [0.1, 0.15) is 11.6 Å². The predicted octanol–water partition coefficient (Wildman–Crippen LogP) is 3.02. The van der Waals surface area contributed by atoms with Crippen LogP contribution in [0.25, 0.3) is 0 Å². The van der Waals surface area contributed by atoms with Crippen LogP contribution in [0.15, 0.2) is 0 Å². The molecule has 3 saturated heterocycles. The molecule has 3 fully saturated rings. The highest BCUT2D eigenvalue weighted by molar-refractivity contribution is 5.99. The second-order valence-electron chi connectivity index (χ2n) is 13.5. The minimum atomic E-state index is -1.08. The van der Waals surface area contributed by atoms with E-state index in [2.05, 4.69) is 31.4 Å². The molecule has 206 valence electrons. The van der Waals surface area contributed by atoms with Crippen molar-refractivity contribution >= 4 is 17.7 Å². The minimum absolute atomic E-state index is 0.00854. The van der Waals surface area contributed by atoms with Gasteiger partial charge in [-0.3, -0.25) is 14.4 Å². The van der Waals surface area contributed by atoms with Crippen LogP contribution in [0, 0.1) is 23.2 Å². The molecular weight excluding hydrogens is 458 g/mol. The zero-order chi connectivity index (χ0) is 27.3. The smallest absolute Gasteiger partial charge is 0.246 e. The molecule has 0 aromatic carbocycles. The number of fused-ring (bicyclic) bond motifs is 1. The fraction of sp³-hybridized carbons (Fsp3) is 0.893. The van der Waals surface area contributed by atoms with Gasteiger partial charge in [-0.05, 0) is 57.8 Å². The Morgan fingerprint density at radius 3 is 2.33 bits per heavy atom. The van der Waals surface area contributed by atoms with Crippen LogP contribution in [0.5, 0.6) is 0 Å². The van der Waals surface area contributed by atoms with E-state index >= 15 is 0 Å². The Kier molecular flexibility index (Phi) is 7.94. The summed E-state index contributed by atoms with van der Waals surface area (Å²) < 4.78 is 6.68. The summed E-state index contributed by atoms with van der Waals surface area (Å²) in [7, 11) is 0. The lowest BCUT2D eigenvalue weighted by Gasteiger charge is -2.41. The van der Waals surface area contributed by atoms with Gasteiger partial charge in [-0.15, -0.1) is 0 Å². The van der Waals surface area contributed by atoms with Crippen LogP contribution >= 0.6 is 0 Å². The molecule has 8 heteroatoms. The monoisotopic (exact) mass is 507 g/mol. The Bertz CT molecular complexity index is 868. The molecule has 3 rings (SSSR count). The number of likely N-dealkylation sites (tertiary alicyclic amines) is 1. The molecule has 2 bridgehead atoms. The molecule has 7 atom stereocenters. The Balaban J connectivity index is 2.07. The third kappa shape index (κ3) is 4.92. The summed E-state index contributed by atoms with van der Waals surface area (Å²) in [5, 5.41) is 16.6. The van der Waals surface area contributed by atoms with E-state index in [1.807, 2.05) is 41.5 Å². The SMILES string of the molecule is CCCNC(=O)[C@H]1[C@H]2C(=O)N([C@@H](CO)[C@@H](C)CC)C(C(=O)NC(C)(C)CC(C)(C)C)C23CC[C@]1(C)O3. The fourth-order valence-corrected chi connectivity index (χ4v) is 7.37. The molecule has 0 aromatic heterocycles. The average Bonchev–Trinajstić information content (AvgIpc) is 3.31. The van der Waals surface area contributed by atoms with Crippen LogP contribution in [-0.4, -0.2) is 69.7 Å². The number of nitrogens with one attached hydrogen (secondary N) is 2. The minimum Gasteiger partial charge on any atom is -0.394 e. The molecule has 3 amide bonds. The molecule has 3 aliphatic heterocycles. The lowest BCUT2D eigenvalue weighted by Crippen LogP contribution is -2.62. The molecule has 0 saturated carbocycles. The van der Waals surface area contributed by atoms with Gasteiger partial charge < -0.3 is 25.4 Å². The van der Waals surface area contributed by atoms with Crippen LogP contribution in [-0.2, 0) is 19.1 Å². The van der Waals surface area contributed by atoms with Crippen molar-refractivity contribution in [3.63, 3.8) is 0 Å². The maximum atomic E-state index is 14.2. The zero-order valence-electron chi connectivity index (χ0n) is 23.9. The summed E-state index contributed by atoms with van der Waals surface area (Å²) in [5.74, 6) is -2.12. The first-order chi connectivity index (χ1) is 16.6. The fourth-order valence-electron chi connectivity index (χ4n) is 7.37. The van der Waals surface area contributed by atoms with E-state index in [0.29, 0.717) is 19.4 Å². The molecule has 1 spiro atoms. The van der Waals surface area contributed by atoms with Crippen molar-refractivity contribution in [2.45, 2.75) is 123 Å². The predicted molar refractivity (Wildman–Crippen MR) is 139 cm³/mol. The van der Waals surface area contributed by atoms with Gasteiger partial charge >= 0.3 is 0 Å². The highest BCUT2D eigenvalue weighted by Gasteiger charge is 2.78. The summed E-state index contributed by atoms with van der Waals surface area (Å²) in [6.45, 7) is 18.6. The Labute approximate surface area is 217 Å². The van der Waals surface area contributed by atoms with Crippen molar-refractivity contribution in [1.82, 2.24) is 15.5 Å². The zero-order valence-corrected chi connectivity index (χ0v) is 23.9. The molecule has 0 aliphatic carbocycles. The van der Waals surface area contributed by atoms with Gasteiger partial charge in [0.05, 0.1) is 30.1 Å². The number of aliphatic hydroxyl groups excluding tert-OH is 1. The van der Waals surface area contributed by atoms with Crippen molar-refractivity contribution in [2.24, 2.45) is 23.2 Å². The summed E-state index contributed by atoms with van der Waals surface area (Å²) in [5.41, 5.74) is -2.40. The standard InChI is InChI=1S/C28H49N3O5/c1-10-14-29-22(33)19-20-24(35)31(18(15-32)17(3)11-2)21(28(20)13-12-27(19,9)36-28)23(34)30-26(7,8)16-25(4,5)6/h17-21,32H,10-16H2,1-9H3,(H,29,33)(H,30,34)/t17-,18-,19+,20-,21?,27-,28?/m0/s1. The van der Waals surface area contributed by atoms with Gasteiger partial charge in [0.15, 0.2) is 0 Å². The maximum Gasteiger partial charge on any atom is 0.246 e. The quantitative estimate of drug-likeness (QED) is 0.421. The number of carbonyl (C=O) groups excluding carboxylic acids is 3. The van der Waals surface area contributed by atoms with Crippen molar-refractivity contribution < 1.29 is 24.2 Å². The molecule has 3 N–H and O–H groups in total. The van der Waals surface area contributed by atoms with E-state index in [1.54, 1.807) is 4.90 Å². The topological polar surface area (TPSA) is 108 Å². The second-order valence-corrected chi connectivity index (χ2v) is 13.5.